The van der Waals surface area contributed by atoms with Crippen molar-refractivity contribution in [2.75, 3.05) is 39.1 Å². The van der Waals surface area contributed by atoms with Crippen molar-refractivity contribution in [3.63, 3.8) is 0 Å². The molecular formula is C20H35N3O4S. The molecule has 0 radical (unpaired) electrons. The molecule has 2 N–H and O–H groups in total. The number of rotatable bonds is 11. The molecule has 0 fully saturated rings. The van der Waals surface area contributed by atoms with Crippen LogP contribution in [-0.4, -0.2) is 58.2 Å². The third-order valence-electron chi connectivity index (χ3n) is 4.28. The molecule has 0 aliphatic heterocycles. The number of hydrogen-bond acceptors (Lipinski definition) is 5. The lowest BCUT2D eigenvalue weighted by Gasteiger charge is -2.21. The van der Waals surface area contributed by atoms with Crippen LogP contribution in [-0.2, 0) is 16.3 Å². The zero-order valence-corrected chi connectivity index (χ0v) is 18.8. The predicted molar refractivity (Wildman–Crippen MR) is 115 cm³/mol. The van der Waals surface area contributed by atoms with Crippen LogP contribution in [0, 0.1) is 0 Å². The normalized spacial score (nSPS) is 12.6. The maximum atomic E-state index is 11.8. The molecule has 1 rings (SSSR count). The Bertz CT molecular complexity index is 746. The van der Waals surface area contributed by atoms with Crippen LogP contribution in [0.15, 0.2) is 23.2 Å². The Labute approximate surface area is 169 Å². The van der Waals surface area contributed by atoms with Gasteiger partial charge in [0.15, 0.2) is 27.3 Å². The van der Waals surface area contributed by atoms with E-state index in [-0.39, 0.29) is 6.54 Å². The average Bonchev–Trinajstić information content (AvgIpc) is 2.61. The second-order valence-corrected chi connectivity index (χ2v) is 9.70. The summed E-state index contributed by atoms with van der Waals surface area (Å²) in [7, 11) is -3.18. The summed E-state index contributed by atoms with van der Waals surface area (Å²) >= 11 is 0. The van der Waals surface area contributed by atoms with Crippen LogP contribution in [0.2, 0.25) is 0 Å². The van der Waals surface area contributed by atoms with Crippen molar-refractivity contribution >= 4 is 15.8 Å². The van der Waals surface area contributed by atoms with Crippen LogP contribution >= 0.6 is 0 Å². The number of ether oxygens (including phenoxy) is 2. The van der Waals surface area contributed by atoms with Gasteiger partial charge in [-0.2, -0.15) is 0 Å². The first-order chi connectivity index (χ1) is 13.1. The summed E-state index contributed by atoms with van der Waals surface area (Å²) in [6.07, 6.45) is 2.01. The van der Waals surface area contributed by atoms with Gasteiger partial charge in [-0.15, -0.1) is 0 Å². The second kappa shape index (κ2) is 11.1. The smallest absolute Gasteiger partial charge is 0.191 e. The number of benzene rings is 1. The van der Waals surface area contributed by atoms with E-state index in [1.54, 1.807) is 13.8 Å². The Morgan fingerprint density at radius 1 is 1.07 bits per heavy atom. The van der Waals surface area contributed by atoms with Gasteiger partial charge >= 0.3 is 0 Å². The van der Waals surface area contributed by atoms with E-state index in [0.29, 0.717) is 32.3 Å². The van der Waals surface area contributed by atoms with Crippen LogP contribution in [0.1, 0.15) is 40.2 Å². The van der Waals surface area contributed by atoms with Crippen LogP contribution in [0.5, 0.6) is 11.5 Å². The number of guanidine groups is 1. The minimum atomic E-state index is -3.18. The third-order valence-corrected chi connectivity index (χ3v) is 6.42. The summed E-state index contributed by atoms with van der Waals surface area (Å²) in [5, 5.41) is 6.41. The Hall–Kier alpha value is -1.96. The molecule has 0 aromatic heterocycles. The van der Waals surface area contributed by atoms with E-state index >= 15 is 0 Å². The molecule has 1 aromatic rings. The molecule has 0 saturated carbocycles. The lowest BCUT2D eigenvalue weighted by atomic mass is 10.1. The quantitative estimate of drug-likeness (QED) is 0.428. The first-order valence-electron chi connectivity index (χ1n) is 9.74. The number of aliphatic imine (C=N–C) groups is 1. The summed E-state index contributed by atoms with van der Waals surface area (Å²) in [4.78, 5) is 4.44. The van der Waals surface area contributed by atoms with Crippen LogP contribution in [0.25, 0.3) is 0 Å². The predicted octanol–water partition coefficient (Wildman–Crippen LogP) is 2.40. The fraction of sp³-hybridized carbons (Fsp3) is 0.650. The van der Waals surface area contributed by atoms with Crippen LogP contribution in [0.3, 0.4) is 0 Å². The molecule has 0 saturated heterocycles. The minimum absolute atomic E-state index is 0.193. The number of nitrogens with one attached hydrogen (secondary N) is 2. The van der Waals surface area contributed by atoms with E-state index in [9.17, 15) is 8.42 Å². The topological polar surface area (TPSA) is 89.0 Å². The fourth-order valence-electron chi connectivity index (χ4n) is 2.30. The molecule has 0 spiro atoms. The van der Waals surface area contributed by atoms with E-state index in [4.69, 9.17) is 9.47 Å². The molecule has 160 valence electrons. The maximum absolute atomic E-state index is 11.8. The molecule has 0 aliphatic rings. The highest BCUT2D eigenvalue weighted by molar-refractivity contribution is 7.92. The Balaban J connectivity index is 2.74. The Morgan fingerprint density at radius 2 is 1.71 bits per heavy atom. The maximum Gasteiger partial charge on any atom is 0.191 e. The van der Waals surface area contributed by atoms with Crippen LogP contribution in [0.4, 0.5) is 0 Å². The molecule has 0 atom stereocenters. The molecule has 0 bridgehead atoms. The van der Waals surface area contributed by atoms with E-state index in [1.165, 1.54) is 6.26 Å². The molecule has 7 nitrogen and oxygen atoms in total. The molecule has 0 heterocycles. The van der Waals surface area contributed by atoms with Gasteiger partial charge in [-0.3, -0.25) is 4.99 Å². The Kier molecular flexibility index (Phi) is 9.58. The van der Waals surface area contributed by atoms with Crippen molar-refractivity contribution in [3.05, 3.63) is 23.8 Å². The van der Waals surface area contributed by atoms with E-state index < -0.39 is 14.6 Å². The lowest BCUT2D eigenvalue weighted by molar-refractivity contribution is 0.287. The van der Waals surface area contributed by atoms with Gasteiger partial charge in [-0.25, -0.2) is 8.42 Å². The van der Waals surface area contributed by atoms with Gasteiger partial charge in [0.05, 0.1) is 24.5 Å². The number of nitrogens with zero attached hydrogens (tertiary/aromatic N) is 1. The monoisotopic (exact) mass is 413 g/mol. The highest BCUT2D eigenvalue weighted by Crippen LogP contribution is 2.28. The van der Waals surface area contributed by atoms with Gasteiger partial charge in [0, 0.05) is 19.3 Å². The van der Waals surface area contributed by atoms with Gasteiger partial charge in [-0.05, 0) is 58.7 Å². The van der Waals surface area contributed by atoms with E-state index in [1.807, 2.05) is 39.0 Å². The zero-order valence-electron chi connectivity index (χ0n) is 18.0. The summed E-state index contributed by atoms with van der Waals surface area (Å²) < 4.78 is 34.1. The number of sulfone groups is 1. The highest BCUT2D eigenvalue weighted by Gasteiger charge is 2.29. The SMILES string of the molecule is CCNC(=NCC(C)(C)S(C)(=O)=O)NCCc1ccc(OCC)c(OCC)c1. The molecular weight excluding hydrogens is 378 g/mol. The second-order valence-electron chi connectivity index (χ2n) is 7.05. The van der Waals surface area contributed by atoms with Gasteiger partial charge in [-0.1, -0.05) is 6.07 Å². The third kappa shape index (κ3) is 7.58. The summed E-state index contributed by atoms with van der Waals surface area (Å²) in [6.45, 7) is 11.9. The summed E-state index contributed by atoms with van der Waals surface area (Å²) in [6, 6.07) is 5.94. The standard InChI is InChI=1S/C20H35N3O4S/c1-7-21-19(23-15-20(4,5)28(6,24)25)22-13-12-16-10-11-17(26-8-2)18(14-16)27-9-3/h10-11,14H,7-9,12-13,15H2,1-6H3,(H2,21,22,23). The lowest BCUT2D eigenvalue weighted by Crippen LogP contribution is -2.41. The van der Waals surface area contributed by atoms with Crippen LogP contribution < -0.4 is 20.1 Å². The zero-order chi connectivity index (χ0) is 21.2. The van der Waals surface area contributed by atoms with Gasteiger partial charge in [0.1, 0.15) is 0 Å². The van der Waals surface area contributed by atoms with Crippen molar-refractivity contribution in [1.82, 2.24) is 10.6 Å². The van der Waals surface area contributed by atoms with E-state index in [0.717, 1.165) is 23.5 Å². The van der Waals surface area contributed by atoms with Crippen molar-refractivity contribution in [3.8, 4) is 11.5 Å². The van der Waals surface area contributed by atoms with E-state index in [2.05, 4.69) is 15.6 Å². The van der Waals surface area contributed by atoms with Crippen molar-refractivity contribution in [1.29, 1.82) is 0 Å². The molecule has 0 aliphatic carbocycles. The average molecular weight is 414 g/mol. The minimum Gasteiger partial charge on any atom is -0.490 e. The fourth-order valence-corrected chi connectivity index (χ4v) is 2.60. The van der Waals surface area contributed by atoms with Gasteiger partial charge in [0.2, 0.25) is 0 Å². The largest absolute Gasteiger partial charge is 0.490 e. The summed E-state index contributed by atoms with van der Waals surface area (Å²) in [5.74, 6) is 2.10. The van der Waals surface area contributed by atoms with Crippen molar-refractivity contribution in [2.24, 2.45) is 4.99 Å². The first kappa shape index (κ1) is 24.1. The first-order valence-corrected chi connectivity index (χ1v) is 11.6. The molecule has 0 amide bonds. The van der Waals surface area contributed by atoms with Gasteiger partial charge < -0.3 is 20.1 Å². The van der Waals surface area contributed by atoms with Crippen molar-refractivity contribution < 1.29 is 17.9 Å². The Morgan fingerprint density at radius 3 is 2.29 bits per heavy atom. The van der Waals surface area contributed by atoms with Gasteiger partial charge in [0.25, 0.3) is 0 Å². The summed E-state index contributed by atoms with van der Waals surface area (Å²) in [5.41, 5.74) is 1.12. The highest BCUT2D eigenvalue weighted by atomic mass is 32.2. The molecule has 1 aromatic carbocycles. The molecule has 8 heteroatoms. The molecule has 28 heavy (non-hydrogen) atoms. The number of hydrogen-bond donors (Lipinski definition) is 2. The molecule has 0 unspecified atom stereocenters. The van der Waals surface area contributed by atoms with Crippen molar-refractivity contribution in [2.45, 2.75) is 45.8 Å².